The standard InChI is InChI=1S/C21H30N4O2/c1-14-5-6-18-17(15(14)2)13-19(23-18)21(27)25-10-7-16(8-11-25)20(26)22-9-12-24(3)4/h5-6,13,16,23H,7-12H2,1-4H3,(H,22,26). The van der Waals surface area contributed by atoms with Crippen molar-refractivity contribution in [2.75, 3.05) is 40.3 Å². The molecule has 0 atom stereocenters. The number of likely N-dealkylation sites (tertiary alicyclic amines) is 1. The van der Waals surface area contributed by atoms with Gasteiger partial charge in [-0.05, 0) is 64.0 Å². The van der Waals surface area contributed by atoms with Crippen LogP contribution in [0, 0.1) is 19.8 Å². The average molecular weight is 370 g/mol. The minimum absolute atomic E-state index is 0.00354. The number of hydrogen-bond donors (Lipinski definition) is 2. The summed E-state index contributed by atoms with van der Waals surface area (Å²) in [6, 6.07) is 6.06. The first-order chi connectivity index (χ1) is 12.9. The number of likely N-dealkylation sites (N-methyl/N-ethyl adjacent to an activating group) is 1. The van der Waals surface area contributed by atoms with Crippen LogP contribution in [0.15, 0.2) is 18.2 Å². The number of rotatable bonds is 5. The fourth-order valence-corrected chi connectivity index (χ4v) is 3.64. The zero-order chi connectivity index (χ0) is 19.6. The van der Waals surface area contributed by atoms with Crippen molar-refractivity contribution < 1.29 is 9.59 Å². The fourth-order valence-electron chi connectivity index (χ4n) is 3.64. The summed E-state index contributed by atoms with van der Waals surface area (Å²) < 4.78 is 0. The zero-order valence-corrected chi connectivity index (χ0v) is 16.8. The second-order valence-electron chi connectivity index (χ2n) is 7.81. The topological polar surface area (TPSA) is 68.4 Å². The van der Waals surface area contributed by atoms with E-state index in [9.17, 15) is 9.59 Å². The third kappa shape index (κ3) is 4.33. The monoisotopic (exact) mass is 370 g/mol. The van der Waals surface area contributed by atoms with E-state index in [4.69, 9.17) is 0 Å². The molecule has 1 aromatic carbocycles. The predicted octanol–water partition coefficient (Wildman–Crippen LogP) is 2.31. The maximum Gasteiger partial charge on any atom is 0.270 e. The van der Waals surface area contributed by atoms with E-state index < -0.39 is 0 Å². The van der Waals surface area contributed by atoms with Crippen LogP contribution in [0.2, 0.25) is 0 Å². The van der Waals surface area contributed by atoms with Crippen molar-refractivity contribution in [2.45, 2.75) is 26.7 Å². The van der Waals surface area contributed by atoms with E-state index in [0.717, 1.165) is 30.3 Å². The molecule has 2 heterocycles. The van der Waals surface area contributed by atoms with E-state index in [1.165, 1.54) is 11.1 Å². The molecule has 1 aliphatic heterocycles. The van der Waals surface area contributed by atoms with Gasteiger partial charge in [0.05, 0.1) is 0 Å². The van der Waals surface area contributed by atoms with Gasteiger partial charge in [0.1, 0.15) is 5.69 Å². The lowest BCUT2D eigenvalue weighted by atomic mass is 9.95. The number of nitrogens with zero attached hydrogens (tertiary/aromatic N) is 2. The highest BCUT2D eigenvalue weighted by molar-refractivity contribution is 5.99. The van der Waals surface area contributed by atoms with Gasteiger partial charge in [0, 0.05) is 43.0 Å². The number of aromatic nitrogens is 1. The average Bonchev–Trinajstić information content (AvgIpc) is 3.09. The molecular weight excluding hydrogens is 340 g/mol. The summed E-state index contributed by atoms with van der Waals surface area (Å²) in [5.74, 6) is 0.138. The summed E-state index contributed by atoms with van der Waals surface area (Å²) in [6.07, 6.45) is 1.44. The number of carbonyl (C=O) groups is 2. The van der Waals surface area contributed by atoms with Crippen molar-refractivity contribution in [3.8, 4) is 0 Å². The van der Waals surface area contributed by atoms with Crippen LogP contribution in [0.1, 0.15) is 34.5 Å². The van der Waals surface area contributed by atoms with Crippen molar-refractivity contribution >= 4 is 22.7 Å². The van der Waals surface area contributed by atoms with Crippen LogP contribution in [0.3, 0.4) is 0 Å². The zero-order valence-electron chi connectivity index (χ0n) is 16.8. The third-order valence-corrected chi connectivity index (χ3v) is 5.59. The van der Waals surface area contributed by atoms with Crippen LogP contribution in [0.4, 0.5) is 0 Å². The molecule has 2 aromatic rings. The summed E-state index contributed by atoms with van der Waals surface area (Å²) in [5, 5.41) is 4.10. The highest BCUT2D eigenvalue weighted by Gasteiger charge is 2.28. The van der Waals surface area contributed by atoms with E-state index in [0.29, 0.717) is 25.3 Å². The SMILES string of the molecule is Cc1ccc2[nH]c(C(=O)N3CCC(C(=O)NCCN(C)C)CC3)cc2c1C. The molecule has 6 nitrogen and oxygen atoms in total. The molecule has 0 saturated carbocycles. The van der Waals surface area contributed by atoms with Crippen LogP contribution in [-0.4, -0.2) is 66.9 Å². The first-order valence-corrected chi connectivity index (χ1v) is 9.67. The lowest BCUT2D eigenvalue weighted by Gasteiger charge is -2.31. The Kier molecular flexibility index (Phi) is 5.85. The molecule has 0 aliphatic carbocycles. The number of piperidine rings is 1. The number of fused-ring (bicyclic) bond motifs is 1. The van der Waals surface area contributed by atoms with E-state index in [1.54, 1.807) is 0 Å². The summed E-state index contributed by atoms with van der Waals surface area (Å²) >= 11 is 0. The van der Waals surface area contributed by atoms with Crippen LogP contribution in [-0.2, 0) is 4.79 Å². The van der Waals surface area contributed by atoms with Crippen LogP contribution >= 0.6 is 0 Å². The number of aromatic amines is 1. The first kappa shape index (κ1) is 19.4. The van der Waals surface area contributed by atoms with E-state index in [-0.39, 0.29) is 17.7 Å². The van der Waals surface area contributed by atoms with E-state index in [2.05, 4.69) is 30.2 Å². The molecule has 0 unspecified atom stereocenters. The maximum atomic E-state index is 12.9. The van der Waals surface area contributed by atoms with Gasteiger partial charge in [-0.15, -0.1) is 0 Å². The molecule has 1 aromatic heterocycles. The van der Waals surface area contributed by atoms with Crippen LogP contribution in [0.25, 0.3) is 10.9 Å². The van der Waals surface area contributed by atoms with Crippen LogP contribution in [0.5, 0.6) is 0 Å². The van der Waals surface area contributed by atoms with Crippen molar-refractivity contribution in [3.05, 3.63) is 35.0 Å². The van der Waals surface area contributed by atoms with Gasteiger partial charge < -0.3 is 20.1 Å². The van der Waals surface area contributed by atoms with Gasteiger partial charge in [0.15, 0.2) is 0 Å². The predicted molar refractivity (Wildman–Crippen MR) is 108 cm³/mol. The van der Waals surface area contributed by atoms with Gasteiger partial charge in [0.25, 0.3) is 5.91 Å². The van der Waals surface area contributed by atoms with Crippen molar-refractivity contribution in [2.24, 2.45) is 5.92 Å². The molecule has 27 heavy (non-hydrogen) atoms. The quantitative estimate of drug-likeness (QED) is 0.849. The Morgan fingerprint density at radius 1 is 1.22 bits per heavy atom. The summed E-state index contributed by atoms with van der Waals surface area (Å²) in [4.78, 5) is 32.3. The Labute approximate surface area is 160 Å². The van der Waals surface area contributed by atoms with Crippen molar-refractivity contribution in [3.63, 3.8) is 0 Å². The van der Waals surface area contributed by atoms with Crippen molar-refractivity contribution in [1.82, 2.24) is 20.1 Å². The Morgan fingerprint density at radius 3 is 2.59 bits per heavy atom. The largest absolute Gasteiger partial charge is 0.355 e. The molecule has 0 radical (unpaired) electrons. The molecule has 146 valence electrons. The molecule has 6 heteroatoms. The highest BCUT2D eigenvalue weighted by atomic mass is 16.2. The van der Waals surface area contributed by atoms with Crippen LogP contribution < -0.4 is 5.32 Å². The molecule has 1 saturated heterocycles. The van der Waals surface area contributed by atoms with Crippen molar-refractivity contribution in [1.29, 1.82) is 0 Å². The molecule has 1 fully saturated rings. The lowest BCUT2D eigenvalue weighted by Crippen LogP contribution is -2.44. The smallest absolute Gasteiger partial charge is 0.270 e. The maximum absolute atomic E-state index is 12.9. The minimum Gasteiger partial charge on any atom is -0.355 e. The Bertz CT molecular complexity index is 832. The number of nitrogens with one attached hydrogen (secondary N) is 2. The molecule has 2 amide bonds. The van der Waals surface area contributed by atoms with Gasteiger partial charge in [-0.25, -0.2) is 0 Å². The van der Waals surface area contributed by atoms with E-state index in [1.807, 2.05) is 36.0 Å². The molecule has 3 rings (SSSR count). The molecule has 2 N–H and O–H groups in total. The Hall–Kier alpha value is -2.34. The third-order valence-electron chi connectivity index (χ3n) is 5.59. The molecule has 1 aliphatic rings. The number of benzene rings is 1. The highest BCUT2D eigenvalue weighted by Crippen LogP contribution is 2.24. The molecular formula is C21H30N4O2. The Balaban J connectivity index is 1.59. The molecule has 0 spiro atoms. The van der Waals surface area contributed by atoms with Gasteiger partial charge in [-0.3, -0.25) is 9.59 Å². The van der Waals surface area contributed by atoms with Gasteiger partial charge in [0.2, 0.25) is 5.91 Å². The fraction of sp³-hybridized carbons (Fsp3) is 0.524. The number of aryl methyl sites for hydroxylation is 2. The minimum atomic E-state index is 0.00354. The first-order valence-electron chi connectivity index (χ1n) is 9.67. The van der Waals surface area contributed by atoms with Gasteiger partial charge in [-0.2, -0.15) is 0 Å². The number of H-pyrrole nitrogens is 1. The number of amides is 2. The van der Waals surface area contributed by atoms with Gasteiger partial charge in [-0.1, -0.05) is 6.07 Å². The summed E-state index contributed by atoms with van der Waals surface area (Å²) in [6.45, 7) is 6.91. The lowest BCUT2D eigenvalue weighted by molar-refractivity contribution is -0.126. The summed E-state index contributed by atoms with van der Waals surface area (Å²) in [5.41, 5.74) is 4.06. The summed E-state index contributed by atoms with van der Waals surface area (Å²) in [7, 11) is 3.98. The van der Waals surface area contributed by atoms with E-state index >= 15 is 0 Å². The number of hydrogen-bond acceptors (Lipinski definition) is 3. The second kappa shape index (κ2) is 8.13. The van der Waals surface area contributed by atoms with Gasteiger partial charge >= 0.3 is 0 Å². The normalized spacial score (nSPS) is 15.5. The molecule has 0 bridgehead atoms. The second-order valence-corrected chi connectivity index (χ2v) is 7.81. The number of carbonyl (C=O) groups excluding carboxylic acids is 2. The Morgan fingerprint density at radius 2 is 1.93 bits per heavy atom.